The van der Waals surface area contributed by atoms with E-state index in [9.17, 15) is 26.7 Å². The summed E-state index contributed by atoms with van der Waals surface area (Å²) in [6.45, 7) is -3.11. The van der Waals surface area contributed by atoms with Crippen LogP contribution in [-0.2, 0) is 6.18 Å². The van der Waals surface area contributed by atoms with Crippen LogP contribution in [0.2, 0.25) is 0 Å². The number of nitrogens with zero attached hydrogens (tertiary/aromatic N) is 2. The fourth-order valence-electron chi connectivity index (χ4n) is 3.31. The van der Waals surface area contributed by atoms with Gasteiger partial charge in [0.2, 0.25) is 0 Å². The standard InChI is InChI=1S/C19H14F5N3O3S/c1-29-13-6-8(2-5-12(13)30-17(20)21)11-7-10(19(22,23)24)14-15(25-11)27(9-3-4-9)18(31)26-16(14)28/h2,5-7,9,17H,3-4H2,1H3,(H,26,28,31). The fourth-order valence-corrected chi connectivity index (χ4v) is 3.64. The summed E-state index contributed by atoms with van der Waals surface area (Å²) in [5.41, 5.74) is -2.32. The molecular formula is C19H14F5N3O3S. The molecule has 0 bridgehead atoms. The summed E-state index contributed by atoms with van der Waals surface area (Å²) in [5.74, 6) is -0.395. The highest BCUT2D eigenvalue weighted by Crippen LogP contribution is 2.41. The van der Waals surface area contributed by atoms with Crippen LogP contribution in [0.5, 0.6) is 11.5 Å². The molecular weight excluding hydrogens is 445 g/mol. The van der Waals surface area contributed by atoms with Gasteiger partial charge in [-0.05, 0) is 49.3 Å². The first-order valence-corrected chi connectivity index (χ1v) is 9.41. The van der Waals surface area contributed by atoms with E-state index in [1.807, 2.05) is 0 Å². The summed E-state index contributed by atoms with van der Waals surface area (Å²) in [6, 6.07) is 4.23. The van der Waals surface area contributed by atoms with Crippen molar-refractivity contribution in [3.63, 3.8) is 0 Å². The van der Waals surface area contributed by atoms with Crippen LogP contribution in [0.3, 0.4) is 0 Å². The van der Waals surface area contributed by atoms with Crippen molar-refractivity contribution in [2.45, 2.75) is 31.7 Å². The summed E-state index contributed by atoms with van der Waals surface area (Å²) in [6.07, 6.45) is -3.47. The lowest BCUT2D eigenvalue weighted by atomic mass is 10.1. The molecule has 1 aliphatic carbocycles. The molecule has 3 aromatic rings. The lowest BCUT2D eigenvalue weighted by Gasteiger charge is -2.16. The molecule has 2 heterocycles. The van der Waals surface area contributed by atoms with E-state index in [1.54, 1.807) is 0 Å². The first kappa shape index (κ1) is 21.2. The molecule has 0 spiro atoms. The number of hydrogen-bond acceptors (Lipinski definition) is 5. The number of rotatable bonds is 5. The predicted molar refractivity (Wildman–Crippen MR) is 103 cm³/mol. The number of ether oxygens (including phenoxy) is 2. The Kier molecular flexibility index (Phi) is 5.20. The van der Waals surface area contributed by atoms with E-state index in [2.05, 4.69) is 14.7 Å². The highest BCUT2D eigenvalue weighted by molar-refractivity contribution is 7.71. The van der Waals surface area contributed by atoms with E-state index in [-0.39, 0.29) is 39.2 Å². The Morgan fingerprint density at radius 3 is 2.52 bits per heavy atom. The molecule has 1 N–H and O–H groups in total. The highest BCUT2D eigenvalue weighted by atomic mass is 32.1. The molecule has 0 saturated heterocycles. The van der Waals surface area contributed by atoms with Crippen molar-refractivity contribution < 1.29 is 31.4 Å². The molecule has 1 aromatic carbocycles. The number of H-pyrrole nitrogens is 1. The summed E-state index contributed by atoms with van der Waals surface area (Å²) in [4.78, 5) is 19.0. The van der Waals surface area contributed by atoms with Gasteiger partial charge in [-0.3, -0.25) is 14.3 Å². The van der Waals surface area contributed by atoms with Crippen LogP contribution in [0.1, 0.15) is 24.4 Å². The van der Waals surface area contributed by atoms with Gasteiger partial charge in [-0.15, -0.1) is 0 Å². The molecule has 2 aromatic heterocycles. The Labute approximate surface area is 176 Å². The molecule has 1 aliphatic rings. The van der Waals surface area contributed by atoms with Crippen LogP contribution < -0.4 is 15.0 Å². The third-order valence-corrected chi connectivity index (χ3v) is 5.09. The van der Waals surface area contributed by atoms with Crippen molar-refractivity contribution in [2.24, 2.45) is 0 Å². The molecule has 0 amide bonds. The van der Waals surface area contributed by atoms with E-state index in [4.69, 9.17) is 17.0 Å². The van der Waals surface area contributed by atoms with E-state index in [0.29, 0.717) is 12.8 Å². The van der Waals surface area contributed by atoms with Gasteiger partial charge in [-0.2, -0.15) is 22.0 Å². The monoisotopic (exact) mass is 459 g/mol. The molecule has 6 nitrogen and oxygen atoms in total. The zero-order valence-corrected chi connectivity index (χ0v) is 16.6. The molecule has 0 unspecified atom stereocenters. The minimum absolute atomic E-state index is 0.0176. The van der Waals surface area contributed by atoms with Crippen LogP contribution in [0.4, 0.5) is 22.0 Å². The van der Waals surface area contributed by atoms with E-state index < -0.39 is 29.3 Å². The molecule has 31 heavy (non-hydrogen) atoms. The zero-order chi connectivity index (χ0) is 22.5. The average molecular weight is 459 g/mol. The van der Waals surface area contributed by atoms with Crippen LogP contribution >= 0.6 is 12.2 Å². The summed E-state index contributed by atoms with van der Waals surface area (Å²) >= 11 is 5.16. The number of pyridine rings is 1. The molecule has 12 heteroatoms. The van der Waals surface area contributed by atoms with Gasteiger partial charge in [0.05, 0.1) is 23.8 Å². The maximum absolute atomic E-state index is 13.9. The smallest absolute Gasteiger partial charge is 0.417 e. The van der Waals surface area contributed by atoms with Crippen molar-refractivity contribution in [1.82, 2.24) is 14.5 Å². The van der Waals surface area contributed by atoms with Crippen molar-refractivity contribution in [2.75, 3.05) is 7.11 Å². The third kappa shape index (κ3) is 3.99. The zero-order valence-electron chi connectivity index (χ0n) is 15.8. The van der Waals surface area contributed by atoms with Crippen molar-refractivity contribution in [1.29, 1.82) is 0 Å². The molecule has 0 atom stereocenters. The SMILES string of the molecule is COc1cc(-c2cc(C(F)(F)F)c3c(=O)[nH]c(=S)n(C4CC4)c3n2)ccc1OC(F)F. The minimum atomic E-state index is -4.85. The number of nitrogens with one attached hydrogen (secondary N) is 1. The van der Waals surface area contributed by atoms with Gasteiger partial charge in [0.25, 0.3) is 5.56 Å². The predicted octanol–water partition coefficient (Wildman–Crippen LogP) is 5.08. The highest BCUT2D eigenvalue weighted by Gasteiger charge is 2.37. The number of aromatic nitrogens is 3. The van der Waals surface area contributed by atoms with Gasteiger partial charge in [0, 0.05) is 11.6 Å². The van der Waals surface area contributed by atoms with Gasteiger partial charge >= 0.3 is 12.8 Å². The molecule has 1 saturated carbocycles. The van der Waals surface area contributed by atoms with Crippen molar-refractivity contribution in [3.8, 4) is 22.8 Å². The Balaban J connectivity index is 2.01. The quantitative estimate of drug-likeness (QED) is 0.426. The van der Waals surface area contributed by atoms with Crippen LogP contribution in [-0.4, -0.2) is 28.3 Å². The van der Waals surface area contributed by atoms with E-state index in [1.165, 1.54) is 23.8 Å². The molecule has 164 valence electrons. The van der Waals surface area contributed by atoms with Gasteiger partial charge in [0.1, 0.15) is 5.65 Å². The van der Waals surface area contributed by atoms with Gasteiger partial charge in [-0.25, -0.2) is 4.98 Å². The Hall–Kier alpha value is -3.02. The Morgan fingerprint density at radius 1 is 1.23 bits per heavy atom. The molecule has 0 aliphatic heterocycles. The van der Waals surface area contributed by atoms with Crippen LogP contribution in [0, 0.1) is 4.77 Å². The van der Waals surface area contributed by atoms with Gasteiger partial charge in [-0.1, -0.05) is 0 Å². The summed E-state index contributed by atoms with van der Waals surface area (Å²) < 4.78 is 77.4. The van der Waals surface area contributed by atoms with Gasteiger partial charge < -0.3 is 9.47 Å². The second-order valence-corrected chi connectivity index (χ2v) is 7.24. The molecule has 4 rings (SSSR count). The second kappa shape index (κ2) is 7.59. The number of methoxy groups -OCH3 is 1. The number of halogens is 5. The Bertz CT molecular complexity index is 1280. The Morgan fingerprint density at radius 2 is 1.94 bits per heavy atom. The number of benzene rings is 1. The topological polar surface area (TPSA) is 69.1 Å². The van der Waals surface area contributed by atoms with Gasteiger partial charge in [0.15, 0.2) is 16.3 Å². The molecule has 0 radical (unpaired) electrons. The largest absolute Gasteiger partial charge is 0.493 e. The van der Waals surface area contributed by atoms with Crippen molar-refractivity contribution in [3.05, 3.63) is 45.0 Å². The van der Waals surface area contributed by atoms with Crippen LogP contribution in [0.15, 0.2) is 29.1 Å². The van der Waals surface area contributed by atoms with Crippen molar-refractivity contribution >= 4 is 23.3 Å². The third-order valence-electron chi connectivity index (χ3n) is 4.79. The maximum atomic E-state index is 13.9. The first-order valence-electron chi connectivity index (χ1n) is 9.00. The van der Waals surface area contributed by atoms with Crippen LogP contribution in [0.25, 0.3) is 22.3 Å². The molecule has 1 fully saturated rings. The summed E-state index contributed by atoms with van der Waals surface area (Å²) in [5, 5.41) is -0.610. The lowest BCUT2D eigenvalue weighted by molar-refractivity contribution is -0.136. The lowest BCUT2D eigenvalue weighted by Crippen LogP contribution is -2.20. The number of fused-ring (bicyclic) bond motifs is 1. The number of aromatic amines is 1. The first-order chi connectivity index (χ1) is 14.6. The maximum Gasteiger partial charge on any atom is 0.417 e. The number of alkyl halides is 5. The summed E-state index contributed by atoms with van der Waals surface area (Å²) in [7, 11) is 1.20. The van der Waals surface area contributed by atoms with E-state index in [0.717, 1.165) is 12.1 Å². The average Bonchev–Trinajstić information content (AvgIpc) is 3.51. The minimum Gasteiger partial charge on any atom is -0.493 e. The normalized spacial score (nSPS) is 14.3. The fraction of sp³-hybridized carbons (Fsp3) is 0.316. The van der Waals surface area contributed by atoms with E-state index >= 15 is 0 Å². The second-order valence-electron chi connectivity index (χ2n) is 6.86. The number of hydrogen-bond donors (Lipinski definition) is 1.